The van der Waals surface area contributed by atoms with Crippen LogP contribution in [0.15, 0.2) is 30.4 Å². The van der Waals surface area contributed by atoms with Crippen molar-refractivity contribution in [2.45, 2.75) is 20.0 Å². The molecule has 0 aromatic carbocycles. The number of allylic oxidation sites excluding steroid dienone is 2. The van der Waals surface area contributed by atoms with Gasteiger partial charge in [-0.25, -0.2) is 0 Å². The number of carboxylic acid groups (broad SMARTS) is 1. The molecule has 4 heteroatoms. The summed E-state index contributed by atoms with van der Waals surface area (Å²) in [5.74, 6) is -1.86. The van der Waals surface area contributed by atoms with Gasteiger partial charge in [-0.2, -0.15) is 0 Å². The number of aryl methyl sites for hydroxylation is 2. The Balaban J connectivity index is 2.36. The molecule has 1 aromatic rings. The number of hydrogen-bond acceptors (Lipinski definition) is 2. The van der Waals surface area contributed by atoms with Crippen LogP contribution in [0.3, 0.4) is 0 Å². The minimum atomic E-state index is -1.01. The summed E-state index contributed by atoms with van der Waals surface area (Å²) in [6.07, 6.45) is 3.87. The van der Waals surface area contributed by atoms with Crippen molar-refractivity contribution in [3.63, 3.8) is 0 Å². The molecule has 2 N–H and O–H groups in total. The first-order valence-electron chi connectivity index (χ1n) is 5.47. The Morgan fingerprint density at radius 3 is 2.35 bits per heavy atom. The van der Waals surface area contributed by atoms with E-state index in [1.54, 1.807) is 12.2 Å². The largest absolute Gasteiger partial charge is 0.481 e. The van der Waals surface area contributed by atoms with Crippen LogP contribution in [0.2, 0.25) is 0 Å². The van der Waals surface area contributed by atoms with Crippen LogP contribution in [0, 0.1) is 19.8 Å². The predicted octanol–water partition coefficient (Wildman–Crippen LogP) is 1.58. The maximum atomic E-state index is 10.8. The van der Waals surface area contributed by atoms with E-state index in [1.807, 2.05) is 30.5 Å². The maximum absolute atomic E-state index is 10.8. The maximum Gasteiger partial charge on any atom is 0.313 e. The van der Waals surface area contributed by atoms with E-state index >= 15 is 0 Å². The molecule has 2 unspecified atom stereocenters. The van der Waals surface area contributed by atoms with Gasteiger partial charge in [0.1, 0.15) is 5.92 Å². The number of aromatic nitrogens is 1. The Bertz CT molecular complexity index is 491. The van der Waals surface area contributed by atoms with E-state index in [4.69, 9.17) is 5.11 Å². The molecule has 1 aromatic heterocycles. The normalized spacial score (nSPS) is 23.6. The second-order valence-corrected chi connectivity index (χ2v) is 4.26. The predicted molar refractivity (Wildman–Crippen MR) is 64.5 cm³/mol. The molecule has 0 saturated carbocycles. The molecule has 1 heterocycles. The molecule has 17 heavy (non-hydrogen) atoms. The van der Waals surface area contributed by atoms with E-state index in [2.05, 4.69) is 0 Å². The number of rotatable bonds is 2. The minimum Gasteiger partial charge on any atom is -0.481 e. The molecule has 2 rings (SSSR count). The molecule has 0 fully saturated rings. The number of carbonyl (C=O) groups is 1. The van der Waals surface area contributed by atoms with Gasteiger partial charge in [-0.15, -0.1) is 0 Å². The molecule has 4 nitrogen and oxygen atoms in total. The lowest BCUT2D eigenvalue weighted by Gasteiger charge is -2.20. The second-order valence-electron chi connectivity index (χ2n) is 4.26. The zero-order chi connectivity index (χ0) is 12.6. The molecule has 0 saturated heterocycles. The highest BCUT2D eigenvalue weighted by atomic mass is 16.4. The average molecular weight is 233 g/mol. The van der Waals surface area contributed by atoms with E-state index in [9.17, 15) is 9.90 Å². The van der Waals surface area contributed by atoms with Gasteiger partial charge >= 0.3 is 5.97 Å². The van der Waals surface area contributed by atoms with Crippen molar-refractivity contribution >= 4 is 11.7 Å². The van der Waals surface area contributed by atoms with Crippen LogP contribution >= 0.6 is 0 Å². The smallest absolute Gasteiger partial charge is 0.313 e. The molecule has 0 amide bonds. The van der Waals surface area contributed by atoms with Crippen molar-refractivity contribution in [2.24, 2.45) is 5.92 Å². The van der Waals surface area contributed by atoms with Gasteiger partial charge in [-0.3, -0.25) is 4.79 Å². The summed E-state index contributed by atoms with van der Waals surface area (Å²) >= 11 is 0. The standard InChI is InChI=1S/C13H15NO3/c1-8-3-4-9(2)14(8)10-5-6-11(13(16)17)12(15)7-10/h3-7,11-12,15H,1-2H3,(H,16,17). The van der Waals surface area contributed by atoms with Crippen LogP contribution in [0.1, 0.15) is 11.4 Å². The van der Waals surface area contributed by atoms with Gasteiger partial charge in [0.25, 0.3) is 0 Å². The third kappa shape index (κ3) is 2.03. The number of carboxylic acids is 1. The lowest BCUT2D eigenvalue weighted by Crippen LogP contribution is -2.27. The highest BCUT2D eigenvalue weighted by Gasteiger charge is 2.25. The summed E-state index contributed by atoms with van der Waals surface area (Å²) in [6, 6.07) is 3.97. The molecule has 1 aliphatic rings. The SMILES string of the molecule is Cc1ccc(C)n1C1=CC(O)C(C(=O)O)C=C1. The molecule has 1 aliphatic carbocycles. The molecule has 0 radical (unpaired) electrons. The van der Waals surface area contributed by atoms with Gasteiger partial charge in [0.15, 0.2) is 0 Å². The lowest BCUT2D eigenvalue weighted by molar-refractivity contribution is -0.142. The Morgan fingerprint density at radius 2 is 1.88 bits per heavy atom. The van der Waals surface area contributed by atoms with Gasteiger partial charge in [0.05, 0.1) is 6.10 Å². The monoisotopic (exact) mass is 233 g/mol. The fraction of sp³-hybridized carbons (Fsp3) is 0.308. The summed E-state index contributed by atoms with van der Waals surface area (Å²) in [4.78, 5) is 10.8. The van der Waals surface area contributed by atoms with Crippen LogP contribution in [-0.2, 0) is 4.79 Å². The summed E-state index contributed by atoms with van der Waals surface area (Å²) < 4.78 is 1.98. The van der Waals surface area contributed by atoms with Gasteiger partial charge in [0.2, 0.25) is 0 Å². The molecule has 0 bridgehead atoms. The van der Waals surface area contributed by atoms with E-state index in [0.29, 0.717) is 0 Å². The number of aliphatic hydroxyl groups is 1. The lowest BCUT2D eigenvalue weighted by atomic mass is 9.96. The van der Waals surface area contributed by atoms with Crippen LogP contribution < -0.4 is 0 Å². The van der Waals surface area contributed by atoms with Crippen molar-refractivity contribution in [1.29, 1.82) is 0 Å². The third-order valence-electron chi connectivity index (χ3n) is 3.00. The molecule has 2 atom stereocenters. The topological polar surface area (TPSA) is 62.5 Å². The highest BCUT2D eigenvalue weighted by molar-refractivity contribution is 5.77. The molecule has 0 spiro atoms. The molecule has 90 valence electrons. The zero-order valence-electron chi connectivity index (χ0n) is 9.79. The van der Waals surface area contributed by atoms with E-state index < -0.39 is 18.0 Å². The molecule has 0 aliphatic heterocycles. The Morgan fingerprint density at radius 1 is 1.29 bits per heavy atom. The van der Waals surface area contributed by atoms with E-state index in [-0.39, 0.29) is 0 Å². The number of aliphatic carboxylic acids is 1. The van der Waals surface area contributed by atoms with Gasteiger partial charge in [0, 0.05) is 17.1 Å². The summed E-state index contributed by atoms with van der Waals surface area (Å²) in [5.41, 5.74) is 2.92. The van der Waals surface area contributed by atoms with Crippen LogP contribution in [0.4, 0.5) is 0 Å². The molecular weight excluding hydrogens is 218 g/mol. The van der Waals surface area contributed by atoms with Gasteiger partial charge < -0.3 is 14.8 Å². The van der Waals surface area contributed by atoms with Crippen LogP contribution in [0.25, 0.3) is 5.70 Å². The Labute approximate surface area is 99.5 Å². The third-order valence-corrected chi connectivity index (χ3v) is 3.00. The first-order chi connectivity index (χ1) is 8.00. The summed E-state index contributed by atoms with van der Waals surface area (Å²) in [6.45, 7) is 3.94. The van der Waals surface area contributed by atoms with Crippen LogP contribution in [0.5, 0.6) is 0 Å². The number of nitrogens with zero attached hydrogens (tertiary/aromatic N) is 1. The number of hydrogen-bond donors (Lipinski definition) is 2. The zero-order valence-corrected chi connectivity index (χ0v) is 9.79. The summed E-state index contributed by atoms with van der Waals surface area (Å²) in [5, 5.41) is 18.7. The van der Waals surface area contributed by atoms with Gasteiger partial charge in [-0.05, 0) is 38.1 Å². The first kappa shape index (κ1) is 11.7. The van der Waals surface area contributed by atoms with Crippen LogP contribution in [-0.4, -0.2) is 26.9 Å². The average Bonchev–Trinajstić information content (AvgIpc) is 2.58. The fourth-order valence-corrected chi connectivity index (χ4v) is 2.10. The van der Waals surface area contributed by atoms with Crippen molar-refractivity contribution in [3.8, 4) is 0 Å². The van der Waals surface area contributed by atoms with Crippen molar-refractivity contribution in [1.82, 2.24) is 4.57 Å². The van der Waals surface area contributed by atoms with Crippen molar-refractivity contribution < 1.29 is 15.0 Å². The van der Waals surface area contributed by atoms with Gasteiger partial charge in [-0.1, -0.05) is 6.08 Å². The summed E-state index contributed by atoms with van der Waals surface area (Å²) in [7, 11) is 0. The van der Waals surface area contributed by atoms with E-state index in [0.717, 1.165) is 17.1 Å². The highest BCUT2D eigenvalue weighted by Crippen LogP contribution is 2.23. The molecular formula is C13H15NO3. The van der Waals surface area contributed by atoms with Crippen molar-refractivity contribution in [2.75, 3.05) is 0 Å². The number of aliphatic hydroxyl groups excluding tert-OH is 1. The van der Waals surface area contributed by atoms with Crippen molar-refractivity contribution in [3.05, 3.63) is 41.7 Å². The Kier molecular flexibility index (Phi) is 2.90. The second kappa shape index (κ2) is 4.22. The first-order valence-corrected chi connectivity index (χ1v) is 5.47. The fourth-order valence-electron chi connectivity index (χ4n) is 2.10. The quantitative estimate of drug-likeness (QED) is 0.815. The minimum absolute atomic E-state index is 0.815. The Hall–Kier alpha value is -1.81. The van der Waals surface area contributed by atoms with E-state index in [1.165, 1.54) is 6.08 Å².